The zero-order valence-electron chi connectivity index (χ0n) is 24.6. The summed E-state index contributed by atoms with van der Waals surface area (Å²) in [5.41, 5.74) is 2.21. The lowest BCUT2D eigenvalue weighted by atomic mass is 10.00. The molecule has 7 nitrogen and oxygen atoms in total. The molecule has 0 bridgehead atoms. The fraction of sp³-hybridized carbons (Fsp3) is 0.286. The molecule has 5 rings (SSSR count). The normalized spacial score (nSPS) is 16.3. The fourth-order valence-corrected chi connectivity index (χ4v) is 5.66. The van der Waals surface area contributed by atoms with E-state index in [0.29, 0.717) is 24.1 Å². The molecule has 10 heteroatoms. The van der Waals surface area contributed by atoms with E-state index >= 15 is 0 Å². The zero-order valence-corrected chi connectivity index (χ0v) is 24.6. The van der Waals surface area contributed by atoms with Gasteiger partial charge in [0.15, 0.2) is 0 Å². The van der Waals surface area contributed by atoms with Gasteiger partial charge in [0, 0.05) is 43.2 Å². The van der Waals surface area contributed by atoms with Crippen molar-refractivity contribution in [1.82, 2.24) is 20.5 Å². The lowest BCUT2D eigenvalue weighted by Crippen LogP contribution is -2.48. The maximum absolute atomic E-state index is 13.6. The Morgan fingerprint density at radius 1 is 0.933 bits per heavy atom. The van der Waals surface area contributed by atoms with Gasteiger partial charge in [0.2, 0.25) is 0 Å². The summed E-state index contributed by atoms with van der Waals surface area (Å²) in [5.74, 6) is -0.622. The van der Waals surface area contributed by atoms with Gasteiger partial charge in [-0.05, 0) is 66.3 Å². The fourth-order valence-electron chi connectivity index (χ4n) is 5.66. The maximum Gasteiger partial charge on any atom is 0.416 e. The number of alkyl halides is 3. The standard InChI is InChI=1S/C35H35F3N4O3/c36-35(37,38)29-14-4-10-25(18-29)21-40-23-32(43)30(19-24-8-2-1-3-9-24)41-33(44)26-11-5-12-27(20-26)34(45)42-17-7-15-31(42)28-13-6-16-39-22-28/h1-6,8-14,16,18,20,22,30-32,40,43H,7,15,17,19,21,23H2,(H,41,44)/t30-,31?,32-/m0/s1. The van der Waals surface area contributed by atoms with E-state index in [1.807, 2.05) is 47.4 Å². The van der Waals surface area contributed by atoms with Gasteiger partial charge < -0.3 is 20.6 Å². The number of amides is 2. The van der Waals surface area contributed by atoms with Gasteiger partial charge >= 0.3 is 6.18 Å². The Balaban J connectivity index is 1.27. The van der Waals surface area contributed by atoms with Crippen molar-refractivity contribution in [2.45, 2.75) is 50.2 Å². The lowest BCUT2D eigenvalue weighted by molar-refractivity contribution is -0.137. The molecule has 4 aromatic rings. The molecule has 2 amide bonds. The first kappa shape index (κ1) is 31.9. The van der Waals surface area contributed by atoms with Crippen molar-refractivity contribution in [1.29, 1.82) is 0 Å². The molecule has 0 saturated carbocycles. The predicted molar refractivity (Wildman–Crippen MR) is 164 cm³/mol. The number of aliphatic hydroxyl groups excluding tert-OH is 1. The third-order valence-corrected chi connectivity index (χ3v) is 7.97. The van der Waals surface area contributed by atoms with Crippen molar-refractivity contribution in [2.24, 2.45) is 0 Å². The van der Waals surface area contributed by atoms with Gasteiger partial charge in [-0.2, -0.15) is 13.2 Å². The molecule has 1 saturated heterocycles. The largest absolute Gasteiger partial charge is 0.416 e. The van der Waals surface area contributed by atoms with Crippen LogP contribution in [0.4, 0.5) is 13.2 Å². The maximum atomic E-state index is 13.6. The highest BCUT2D eigenvalue weighted by molar-refractivity contribution is 6.00. The summed E-state index contributed by atoms with van der Waals surface area (Å²) in [7, 11) is 0. The van der Waals surface area contributed by atoms with Gasteiger partial charge in [-0.3, -0.25) is 14.6 Å². The van der Waals surface area contributed by atoms with Gasteiger partial charge in [0.05, 0.1) is 23.8 Å². The van der Waals surface area contributed by atoms with Crippen LogP contribution >= 0.6 is 0 Å². The predicted octanol–water partition coefficient (Wildman–Crippen LogP) is 5.57. The molecule has 234 valence electrons. The minimum Gasteiger partial charge on any atom is -0.390 e. The Kier molecular flexibility index (Phi) is 10.3. The molecule has 1 aromatic heterocycles. The summed E-state index contributed by atoms with van der Waals surface area (Å²) in [5, 5.41) is 17.1. The number of carbonyl (C=O) groups is 2. The molecule has 1 fully saturated rings. The van der Waals surface area contributed by atoms with E-state index in [1.54, 1.807) is 42.7 Å². The number of aromatic nitrogens is 1. The Labute approximate surface area is 260 Å². The van der Waals surface area contributed by atoms with Gasteiger partial charge in [0.1, 0.15) is 0 Å². The quantitative estimate of drug-likeness (QED) is 0.205. The molecule has 1 unspecified atom stereocenters. The molecular weight excluding hydrogens is 581 g/mol. The second-order valence-corrected chi connectivity index (χ2v) is 11.2. The van der Waals surface area contributed by atoms with Crippen LogP contribution in [0.2, 0.25) is 0 Å². The first-order chi connectivity index (χ1) is 21.7. The molecule has 2 heterocycles. The Bertz CT molecular complexity index is 1580. The van der Waals surface area contributed by atoms with E-state index in [-0.39, 0.29) is 30.6 Å². The summed E-state index contributed by atoms with van der Waals surface area (Å²) in [4.78, 5) is 33.0. The van der Waals surface area contributed by atoms with E-state index in [1.165, 1.54) is 6.07 Å². The first-order valence-electron chi connectivity index (χ1n) is 14.9. The molecule has 3 aromatic carbocycles. The first-order valence-corrected chi connectivity index (χ1v) is 14.9. The molecular formula is C35H35F3N4O3. The van der Waals surface area contributed by atoms with Crippen LogP contribution in [-0.2, 0) is 19.1 Å². The van der Waals surface area contributed by atoms with Crippen molar-refractivity contribution in [3.8, 4) is 0 Å². The molecule has 0 radical (unpaired) electrons. The average molecular weight is 617 g/mol. The van der Waals surface area contributed by atoms with Crippen molar-refractivity contribution in [2.75, 3.05) is 13.1 Å². The van der Waals surface area contributed by atoms with Crippen LogP contribution in [-0.4, -0.2) is 52.0 Å². The summed E-state index contributed by atoms with van der Waals surface area (Å²) < 4.78 is 39.3. The number of halogens is 3. The number of nitrogens with one attached hydrogen (secondary N) is 2. The summed E-state index contributed by atoms with van der Waals surface area (Å²) in [6.07, 6.45) is -0.0239. The highest BCUT2D eigenvalue weighted by Gasteiger charge is 2.32. The van der Waals surface area contributed by atoms with E-state index in [0.717, 1.165) is 36.1 Å². The minimum absolute atomic E-state index is 0.0250. The number of carbonyl (C=O) groups excluding carboxylic acids is 2. The topological polar surface area (TPSA) is 94.6 Å². The van der Waals surface area contributed by atoms with Crippen LogP contribution in [0.5, 0.6) is 0 Å². The second-order valence-electron chi connectivity index (χ2n) is 11.2. The Morgan fingerprint density at radius 3 is 2.44 bits per heavy atom. The number of rotatable bonds is 11. The number of likely N-dealkylation sites (tertiary alicyclic amines) is 1. The molecule has 3 atom stereocenters. The summed E-state index contributed by atoms with van der Waals surface area (Å²) in [6, 6.07) is 23.9. The number of hydrogen-bond acceptors (Lipinski definition) is 5. The second kappa shape index (κ2) is 14.5. The van der Waals surface area contributed by atoms with Gasteiger partial charge in [-0.15, -0.1) is 0 Å². The number of pyridine rings is 1. The van der Waals surface area contributed by atoms with Crippen LogP contribution in [0.15, 0.2) is 103 Å². The van der Waals surface area contributed by atoms with Crippen molar-refractivity contribution in [3.05, 3.63) is 137 Å². The lowest BCUT2D eigenvalue weighted by Gasteiger charge is -2.26. The van der Waals surface area contributed by atoms with Crippen LogP contribution in [0.25, 0.3) is 0 Å². The smallest absolute Gasteiger partial charge is 0.390 e. The molecule has 1 aliphatic rings. The van der Waals surface area contributed by atoms with Crippen molar-refractivity contribution in [3.63, 3.8) is 0 Å². The molecule has 45 heavy (non-hydrogen) atoms. The van der Waals surface area contributed by atoms with Crippen molar-refractivity contribution < 1.29 is 27.9 Å². The molecule has 0 aliphatic carbocycles. The van der Waals surface area contributed by atoms with E-state index in [9.17, 15) is 27.9 Å². The number of nitrogens with zero attached hydrogens (tertiary/aromatic N) is 2. The third kappa shape index (κ3) is 8.34. The van der Waals surface area contributed by atoms with Gasteiger partial charge in [-0.25, -0.2) is 0 Å². The van der Waals surface area contributed by atoms with E-state index < -0.39 is 29.8 Å². The van der Waals surface area contributed by atoms with Gasteiger partial charge in [0.25, 0.3) is 11.8 Å². The van der Waals surface area contributed by atoms with Crippen LogP contribution in [0, 0.1) is 0 Å². The third-order valence-electron chi connectivity index (χ3n) is 7.97. The monoisotopic (exact) mass is 616 g/mol. The van der Waals surface area contributed by atoms with Crippen molar-refractivity contribution >= 4 is 11.8 Å². The van der Waals surface area contributed by atoms with E-state index in [4.69, 9.17) is 0 Å². The van der Waals surface area contributed by atoms with Crippen LogP contribution in [0.1, 0.15) is 61.9 Å². The summed E-state index contributed by atoms with van der Waals surface area (Å²) >= 11 is 0. The van der Waals surface area contributed by atoms with Gasteiger partial charge in [-0.1, -0.05) is 60.7 Å². The Morgan fingerprint density at radius 2 is 1.69 bits per heavy atom. The highest BCUT2D eigenvalue weighted by Crippen LogP contribution is 2.33. The molecule has 1 aliphatic heterocycles. The minimum atomic E-state index is -4.45. The summed E-state index contributed by atoms with van der Waals surface area (Å²) in [6.45, 7) is 0.735. The SMILES string of the molecule is O=C(N[C@@H](Cc1ccccc1)[C@@H](O)CNCc1cccc(C(F)(F)F)c1)c1cccc(C(=O)N2CCCC2c2cccnc2)c1. The molecule has 3 N–H and O–H groups in total. The zero-order chi connectivity index (χ0) is 31.8. The number of benzene rings is 3. The van der Waals surface area contributed by atoms with E-state index in [2.05, 4.69) is 15.6 Å². The Hall–Kier alpha value is -4.54. The number of aliphatic hydroxyl groups is 1. The van der Waals surface area contributed by atoms with Crippen LogP contribution in [0.3, 0.4) is 0 Å². The average Bonchev–Trinajstić information content (AvgIpc) is 3.55. The molecule has 0 spiro atoms. The van der Waals surface area contributed by atoms with Crippen LogP contribution < -0.4 is 10.6 Å². The highest BCUT2D eigenvalue weighted by atomic mass is 19.4. The number of hydrogen-bond donors (Lipinski definition) is 3.